The van der Waals surface area contributed by atoms with Gasteiger partial charge >= 0.3 is 0 Å². The molecule has 8 N–H and O–H groups in total. The van der Waals surface area contributed by atoms with Gasteiger partial charge in [0, 0.05) is 48.3 Å². The van der Waals surface area contributed by atoms with E-state index < -0.39 is 42.0 Å². The minimum absolute atomic E-state index is 0.0569. The van der Waals surface area contributed by atoms with E-state index in [9.17, 15) is 30.6 Å². The molecule has 328 valence electrons. The number of rotatable bonds is 7. The Labute approximate surface area is 354 Å². The number of hydrogen-bond donors (Lipinski definition) is 8. The zero-order chi connectivity index (χ0) is 41.7. The Morgan fingerprint density at radius 2 is 1.68 bits per heavy atom. The number of aromatic hydroxyl groups is 2. The van der Waals surface area contributed by atoms with Crippen LogP contribution in [0.25, 0.3) is 0 Å². The van der Waals surface area contributed by atoms with Gasteiger partial charge in [0.15, 0.2) is 11.5 Å². The Hall–Kier alpha value is -3.32. The second kappa shape index (κ2) is 17.4. The van der Waals surface area contributed by atoms with Crippen molar-refractivity contribution < 1.29 is 44.8 Å². The summed E-state index contributed by atoms with van der Waals surface area (Å²) in [5.41, 5.74) is 4.07. The van der Waals surface area contributed by atoms with Crippen molar-refractivity contribution in [2.24, 2.45) is 29.6 Å². The van der Waals surface area contributed by atoms with E-state index in [0.717, 1.165) is 81.9 Å². The number of aromatic amines is 1. The standard InChI is InChI=1S/C49H68N2O9/c1-50-32-6-9-33-31(20-32)4-8-35-39(53)12-16-49(57)15-11-27(24-49)14-18-59-41-10-5-29(21-36(41)44(33)35)30-3-7-34-40(54)23-43(60-42(34)22-30)45-37(19-28-13-17-51-25-28)48(58-2)47(56)46(55)38(45)26-52/h5,10,13,17,21,25,27,30-35,39-40,42-44,50-57H,3-4,6-9,11-12,14-16,18-20,22-24,26H2,1-2H3/t27-,30-,31+,32+,33-,34+,35+,39+,40-,42-,43-,44+,49-/m0/s1. The first kappa shape index (κ1) is 42.0. The Kier molecular flexibility index (Phi) is 12.2. The van der Waals surface area contributed by atoms with Gasteiger partial charge in [-0.15, -0.1) is 0 Å². The molecule has 3 aromatic rings. The van der Waals surface area contributed by atoms with Gasteiger partial charge in [0.1, 0.15) is 5.75 Å². The number of phenolic OH excluding ortho intramolecular Hbond substituents is 1. The average Bonchev–Trinajstić information content (AvgIpc) is 3.92. The number of fused-ring (bicyclic) bond motifs is 8. The maximum atomic E-state index is 12.1. The smallest absolute Gasteiger partial charge is 0.201 e. The zero-order valence-corrected chi connectivity index (χ0v) is 35.5. The monoisotopic (exact) mass is 828 g/mol. The van der Waals surface area contributed by atoms with Crippen LogP contribution in [-0.2, 0) is 17.8 Å². The van der Waals surface area contributed by atoms with Gasteiger partial charge in [-0.25, -0.2) is 0 Å². The molecule has 9 rings (SSSR count). The van der Waals surface area contributed by atoms with E-state index in [0.29, 0.717) is 73.6 Å². The maximum Gasteiger partial charge on any atom is 0.201 e. The molecule has 60 heavy (non-hydrogen) atoms. The van der Waals surface area contributed by atoms with Gasteiger partial charge in [-0.2, -0.15) is 0 Å². The summed E-state index contributed by atoms with van der Waals surface area (Å²) >= 11 is 0. The number of benzene rings is 2. The zero-order valence-electron chi connectivity index (χ0n) is 35.5. The van der Waals surface area contributed by atoms with Crippen molar-refractivity contribution in [1.82, 2.24) is 10.3 Å². The second-order valence-corrected chi connectivity index (χ2v) is 19.7. The minimum Gasteiger partial charge on any atom is -0.504 e. The van der Waals surface area contributed by atoms with Crippen LogP contribution in [-0.4, -0.2) is 86.3 Å². The summed E-state index contributed by atoms with van der Waals surface area (Å²) in [6.07, 6.45) is 14.9. The van der Waals surface area contributed by atoms with Gasteiger partial charge in [0.05, 0.1) is 50.3 Å². The van der Waals surface area contributed by atoms with Crippen molar-refractivity contribution in [2.75, 3.05) is 20.8 Å². The molecule has 0 amide bonds. The highest BCUT2D eigenvalue weighted by atomic mass is 16.5. The van der Waals surface area contributed by atoms with Crippen LogP contribution in [0.5, 0.6) is 23.0 Å². The van der Waals surface area contributed by atoms with Crippen LogP contribution in [0.4, 0.5) is 0 Å². The highest BCUT2D eigenvalue weighted by Crippen LogP contribution is 2.56. The third-order valence-electron chi connectivity index (χ3n) is 16.5. The van der Waals surface area contributed by atoms with Gasteiger partial charge in [0.25, 0.3) is 0 Å². The van der Waals surface area contributed by atoms with Crippen LogP contribution >= 0.6 is 0 Å². The van der Waals surface area contributed by atoms with Crippen LogP contribution in [0.3, 0.4) is 0 Å². The lowest BCUT2D eigenvalue weighted by Crippen LogP contribution is -2.45. The fourth-order valence-corrected chi connectivity index (χ4v) is 13.4. The lowest BCUT2D eigenvalue weighted by Gasteiger charge is -2.49. The van der Waals surface area contributed by atoms with Crippen LogP contribution in [0, 0.1) is 29.6 Å². The number of aromatic nitrogens is 1. The number of aliphatic hydroxyl groups excluding tert-OH is 3. The molecule has 4 saturated carbocycles. The van der Waals surface area contributed by atoms with Gasteiger partial charge in [-0.1, -0.05) is 12.1 Å². The Morgan fingerprint density at radius 1 is 0.867 bits per heavy atom. The number of H-pyrrole nitrogens is 1. The number of nitrogens with one attached hydrogen (secondary N) is 2. The molecular weight excluding hydrogens is 761 g/mol. The molecule has 1 saturated heterocycles. The van der Waals surface area contributed by atoms with Crippen molar-refractivity contribution in [3.05, 3.63) is 70.0 Å². The topological polar surface area (TPSA) is 177 Å². The van der Waals surface area contributed by atoms with E-state index in [1.165, 1.54) is 18.2 Å². The largest absolute Gasteiger partial charge is 0.504 e. The average molecular weight is 829 g/mol. The number of hydrogen-bond acceptors (Lipinski definition) is 10. The van der Waals surface area contributed by atoms with Crippen LogP contribution < -0.4 is 14.8 Å². The Balaban J connectivity index is 1.04. The maximum absolute atomic E-state index is 12.1. The Morgan fingerprint density at radius 3 is 2.47 bits per heavy atom. The quantitative estimate of drug-likeness (QED) is 0.113. The molecule has 6 aliphatic rings. The van der Waals surface area contributed by atoms with E-state index in [-0.39, 0.29) is 41.1 Å². The molecule has 5 fully saturated rings. The summed E-state index contributed by atoms with van der Waals surface area (Å²) in [6, 6.07) is 9.29. The van der Waals surface area contributed by atoms with E-state index in [1.807, 2.05) is 18.5 Å². The molecule has 13 atom stereocenters. The summed E-state index contributed by atoms with van der Waals surface area (Å²) in [6.45, 7) is 0.0985. The lowest BCUT2D eigenvalue weighted by molar-refractivity contribution is -0.154. The summed E-state index contributed by atoms with van der Waals surface area (Å²) in [7, 11) is 3.53. The third-order valence-corrected chi connectivity index (χ3v) is 16.5. The van der Waals surface area contributed by atoms with E-state index in [1.54, 1.807) is 0 Å². The molecule has 0 unspecified atom stereocenters. The fraction of sp³-hybridized carbons (Fsp3) is 0.673. The van der Waals surface area contributed by atoms with Gasteiger partial charge in [-0.3, -0.25) is 0 Å². The number of methoxy groups -OCH3 is 1. The lowest BCUT2D eigenvalue weighted by atomic mass is 9.57. The molecule has 3 heterocycles. The van der Waals surface area contributed by atoms with Crippen molar-refractivity contribution in [1.29, 1.82) is 0 Å². The second-order valence-electron chi connectivity index (χ2n) is 19.7. The van der Waals surface area contributed by atoms with Crippen molar-refractivity contribution in [3.8, 4) is 23.0 Å². The molecular formula is C49H68N2O9. The SMILES string of the molecule is CN[C@@H]1CC[C@H]2[C@H](CC[C@H]3[C@@H]2c2cc([C@H]4CC[C@H]5[C@H](C4)O[C@H](c4c(CO)c(O)c(O)c(OC)c4Cc4cc[nH]c4)C[C@@H]5O)ccc2OCC[C@@H]2CC[C@](O)(CC[C@H]3O)C2)C1. The molecule has 2 aliphatic heterocycles. The third kappa shape index (κ3) is 7.96. The molecule has 0 spiro atoms. The van der Waals surface area contributed by atoms with E-state index in [4.69, 9.17) is 14.2 Å². The van der Waals surface area contributed by atoms with Crippen molar-refractivity contribution >= 4 is 0 Å². The highest BCUT2D eigenvalue weighted by molar-refractivity contribution is 5.64. The van der Waals surface area contributed by atoms with Crippen LogP contribution in [0.1, 0.15) is 148 Å². The molecule has 11 nitrogen and oxygen atoms in total. The molecule has 2 bridgehead atoms. The summed E-state index contributed by atoms with van der Waals surface area (Å²) in [4.78, 5) is 3.08. The number of aliphatic hydroxyl groups is 4. The molecule has 1 aromatic heterocycles. The minimum atomic E-state index is -0.692. The molecule has 0 radical (unpaired) electrons. The van der Waals surface area contributed by atoms with Gasteiger partial charge in [0.2, 0.25) is 5.75 Å². The first-order valence-corrected chi connectivity index (χ1v) is 23.1. The van der Waals surface area contributed by atoms with Crippen molar-refractivity contribution in [2.45, 2.75) is 157 Å². The van der Waals surface area contributed by atoms with Crippen LogP contribution in [0.15, 0.2) is 36.7 Å². The summed E-state index contributed by atoms with van der Waals surface area (Å²) in [5, 5.41) is 71.9. The normalized spacial score (nSPS) is 36.9. The van der Waals surface area contributed by atoms with Crippen molar-refractivity contribution in [3.63, 3.8) is 0 Å². The molecule has 2 aromatic carbocycles. The predicted octanol–water partition coefficient (Wildman–Crippen LogP) is 7.25. The summed E-state index contributed by atoms with van der Waals surface area (Å²) < 4.78 is 19.5. The van der Waals surface area contributed by atoms with E-state index in [2.05, 4.69) is 35.5 Å². The molecule has 11 heteroatoms. The first-order chi connectivity index (χ1) is 29.1. The highest BCUT2D eigenvalue weighted by Gasteiger charge is 2.48. The molecule has 4 aliphatic carbocycles. The van der Waals surface area contributed by atoms with Gasteiger partial charge < -0.3 is 55.2 Å². The van der Waals surface area contributed by atoms with Crippen LogP contribution in [0.2, 0.25) is 0 Å². The predicted molar refractivity (Wildman–Crippen MR) is 227 cm³/mol. The number of phenols is 2. The number of ether oxygens (including phenoxy) is 3. The first-order valence-electron chi connectivity index (χ1n) is 23.1. The summed E-state index contributed by atoms with van der Waals surface area (Å²) in [5.74, 6) is 2.01. The van der Waals surface area contributed by atoms with Gasteiger partial charge in [-0.05, 0) is 167 Å². The van der Waals surface area contributed by atoms with E-state index >= 15 is 0 Å². The fourth-order valence-electron chi connectivity index (χ4n) is 13.4. The Bertz CT molecular complexity index is 1950.